The Hall–Kier alpha value is -3.60. The highest BCUT2D eigenvalue weighted by molar-refractivity contribution is 5.76. The minimum Gasteiger partial charge on any atom is -0.493 e. The molecule has 0 fully saturated rings. The number of benzene rings is 2. The van der Waals surface area contributed by atoms with Gasteiger partial charge in [-0.2, -0.15) is 0 Å². The number of pyridine rings is 1. The van der Waals surface area contributed by atoms with E-state index in [0.717, 1.165) is 17.5 Å². The lowest BCUT2D eigenvalue weighted by atomic mass is 10.1. The van der Waals surface area contributed by atoms with Gasteiger partial charge in [0.05, 0.1) is 7.11 Å². The van der Waals surface area contributed by atoms with Gasteiger partial charge >= 0.3 is 5.97 Å². The highest BCUT2D eigenvalue weighted by Gasteiger charge is 2.11. The van der Waals surface area contributed by atoms with Crippen molar-refractivity contribution in [3.63, 3.8) is 0 Å². The Balaban J connectivity index is 1.60. The largest absolute Gasteiger partial charge is 0.493 e. The number of ether oxygens (including phenoxy) is 3. The van der Waals surface area contributed by atoms with Crippen LogP contribution in [0.3, 0.4) is 0 Å². The molecule has 29 heavy (non-hydrogen) atoms. The number of rotatable bonds is 8. The van der Waals surface area contributed by atoms with E-state index < -0.39 is 5.97 Å². The van der Waals surface area contributed by atoms with Crippen molar-refractivity contribution in [2.45, 2.75) is 13.3 Å². The van der Waals surface area contributed by atoms with Gasteiger partial charge in [-0.15, -0.1) is 0 Å². The van der Waals surface area contributed by atoms with E-state index in [9.17, 15) is 4.79 Å². The summed E-state index contributed by atoms with van der Waals surface area (Å²) in [5.74, 6) is 0.955. The minimum atomic E-state index is -0.497. The van der Waals surface area contributed by atoms with Crippen LogP contribution in [0.25, 0.3) is 12.2 Å². The predicted molar refractivity (Wildman–Crippen MR) is 113 cm³/mol. The third-order valence-electron chi connectivity index (χ3n) is 4.27. The second-order valence-electron chi connectivity index (χ2n) is 6.28. The summed E-state index contributed by atoms with van der Waals surface area (Å²) in [7, 11) is 1.54. The maximum absolute atomic E-state index is 12.2. The Bertz CT molecular complexity index is 966. The third-order valence-corrected chi connectivity index (χ3v) is 4.27. The van der Waals surface area contributed by atoms with E-state index >= 15 is 0 Å². The van der Waals surface area contributed by atoms with E-state index in [0.29, 0.717) is 17.2 Å². The van der Waals surface area contributed by atoms with Crippen molar-refractivity contribution >= 4 is 18.1 Å². The maximum atomic E-state index is 12.2. The number of methoxy groups -OCH3 is 1. The zero-order valence-electron chi connectivity index (χ0n) is 16.5. The molecule has 0 amide bonds. The zero-order valence-corrected chi connectivity index (χ0v) is 16.5. The van der Waals surface area contributed by atoms with Crippen molar-refractivity contribution < 1.29 is 19.0 Å². The molecule has 0 saturated carbocycles. The lowest BCUT2D eigenvalue weighted by molar-refractivity contribution is -0.136. The molecular formula is C24H23NO4. The summed E-state index contributed by atoms with van der Waals surface area (Å²) < 4.78 is 16.3. The molecule has 0 atom stereocenters. The van der Waals surface area contributed by atoms with Gasteiger partial charge in [0, 0.05) is 12.4 Å². The van der Waals surface area contributed by atoms with Gasteiger partial charge in [0.25, 0.3) is 0 Å². The second kappa shape index (κ2) is 10.1. The summed E-state index contributed by atoms with van der Waals surface area (Å²) in [6.45, 7) is 1.90. The van der Waals surface area contributed by atoms with Crippen LogP contribution in [0, 0.1) is 0 Å². The van der Waals surface area contributed by atoms with Crippen molar-refractivity contribution in [3.8, 4) is 17.2 Å². The standard InChI is InChI=1S/C24H23NO4/c1-3-18-6-9-21(10-7-18)28-17-24(26)29-22-11-8-20(16-23(22)27-2)5-4-19-12-14-25-15-13-19/h4-16H,3,17H2,1-2H3/b5-4+. The first-order chi connectivity index (χ1) is 14.2. The fourth-order valence-corrected chi connectivity index (χ4v) is 2.65. The van der Waals surface area contributed by atoms with Gasteiger partial charge in [-0.3, -0.25) is 4.98 Å². The number of nitrogens with zero attached hydrogens (tertiary/aromatic N) is 1. The fourth-order valence-electron chi connectivity index (χ4n) is 2.65. The summed E-state index contributed by atoms with van der Waals surface area (Å²) in [4.78, 5) is 16.1. The molecule has 5 nitrogen and oxygen atoms in total. The number of carbonyl (C=O) groups excluding carboxylic acids is 1. The number of esters is 1. The number of hydrogen-bond acceptors (Lipinski definition) is 5. The fraction of sp³-hybridized carbons (Fsp3) is 0.167. The van der Waals surface area contributed by atoms with E-state index in [2.05, 4.69) is 11.9 Å². The van der Waals surface area contributed by atoms with Crippen LogP contribution in [-0.4, -0.2) is 24.7 Å². The van der Waals surface area contributed by atoms with Crippen LogP contribution in [-0.2, 0) is 11.2 Å². The molecule has 1 aromatic heterocycles. The topological polar surface area (TPSA) is 57.7 Å². The second-order valence-corrected chi connectivity index (χ2v) is 6.28. The van der Waals surface area contributed by atoms with Gasteiger partial charge in [-0.25, -0.2) is 4.79 Å². The van der Waals surface area contributed by atoms with Crippen molar-refractivity contribution in [3.05, 3.63) is 83.7 Å². The first-order valence-electron chi connectivity index (χ1n) is 9.36. The molecule has 0 radical (unpaired) electrons. The summed E-state index contributed by atoms with van der Waals surface area (Å²) in [5, 5.41) is 0. The van der Waals surface area contributed by atoms with E-state index in [-0.39, 0.29) is 6.61 Å². The molecule has 0 aliphatic rings. The number of hydrogen-bond donors (Lipinski definition) is 0. The predicted octanol–water partition coefficient (Wildman–Crippen LogP) is 4.81. The molecular weight excluding hydrogens is 366 g/mol. The molecule has 0 N–H and O–H groups in total. The van der Waals surface area contributed by atoms with Gasteiger partial charge in [0.1, 0.15) is 5.75 Å². The molecule has 1 heterocycles. The maximum Gasteiger partial charge on any atom is 0.349 e. The highest BCUT2D eigenvalue weighted by atomic mass is 16.6. The molecule has 3 rings (SSSR count). The monoisotopic (exact) mass is 389 g/mol. The first-order valence-corrected chi connectivity index (χ1v) is 9.36. The van der Waals surface area contributed by atoms with Crippen molar-refractivity contribution in [2.75, 3.05) is 13.7 Å². The smallest absolute Gasteiger partial charge is 0.349 e. The van der Waals surface area contributed by atoms with Crippen molar-refractivity contribution in [1.29, 1.82) is 0 Å². The Morgan fingerprint density at radius 2 is 1.66 bits per heavy atom. The van der Waals surface area contributed by atoms with Crippen molar-refractivity contribution in [1.82, 2.24) is 4.98 Å². The van der Waals surface area contributed by atoms with Crippen LogP contribution < -0.4 is 14.2 Å². The molecule has 0 bridgehead atoms. The molecule has 0 aliphatic carbocycles. The van der Waals surface area contributed by atoms with E-state index in [1.165, 1.54) is 12.7 Å². The average molecular weight is 389 g/mol. The first kappa shape index (κ1) is 20.1. The van der Waals surface area contributed by atoms with Crippen molar-refractivity contribution in [2.24, 2.45) is 0 Å². The number of aromatic nitrogens is 1. The van der Waals surface area contributed by atoms with Gasteiger partial charge in [0.2, 0.25) is 0 Å². The molecule has 5 heteroatoms. The quantitative estimate of drug-likeness (QED) is 0.409. The zero-order chi connectivity index (χ0) is 20.5. The lowest BCUT2D eigenvalue weighted by Crippen LogP contribution is -2.18. The van der Waals surface area contributed by atoms with E-state index in [1.54, 1.807) is 18.5 Å². The Kier molecular flexibility index (Phi) is 7.00. The van der Waals surface area contributed by atoms with Crippen LogP contribution in [0.2, 0.25) is 0 Å². The van der Waals surface area contributed by atoms with Crippen LogP contribution in [0.4, 0.5) is 0 Å². The molecule has 0 aliphatic heterocycles. The average Bonchev–Trinajstić information content (AvgIpc) is 2.78. The van der Waals surface area contributed by atoms with Gasteiger partial charge < -0.3 is 14.2 Å². The van der Waals surface area contributed by atoms with Crippen LogP contribution in [0.5, 0.6) is 17.2 Å². The molecule has 0 saturated heterocycles. The minimum absolute atomic E-state index is 0.182. The Morgan fingerprint density at radius 1 is 0.931 bits per heavy atom. The lowest BCUT2D eigenvalue weighted by Gasteiger charge is -2.11. The molecule has 148 valence electrons. The van der Waals surface area contributed by atoms with Crippen LogP contribution in [0.1, 0.15) is 23.6 Å². The summed E-state index contributed by atoms with van der Waals surface area (Å²) in [5.41, 5.74) is 3.17. The van der Waals surface area contributed by atoms with Crippen LogP contribution in [0.15, 0.2) is 67.0 Å². The summed E-state index contributed by atoms with van der Waals surface area (Å²) in [6.07, 6.45) is 8.36. The van der Waals surface area contributed by atoms with Gasteiger partial charge in [-0.1, -0.05) is 37.3 Å². The normalized spacial score (nSPS) is 10.7. The SMILES string of the molecule is CCc1ccc(OCC(=O)Oc2ccc(/C=C/c3ccncc3)cc2OC)cc1. The third kappa shape index (κ3) is 5.94. The molecule has 0 spiro atoms. The molecule has 3 aromatic rings. The van der Waals surface area contributed by atoms with E-state index in [1.807, 2.05) is 60.7 Å². The van der Waals surface area contributed by atoms with Gasteiger partial charge in [0.15, 0.2) is 18.1 Å². The van der Waals surface area contributed by atoms with Crippen LogP contribution >= 0.6 is 0 Å². The summed E-state index contributed by atoms with van der Waals surface area (Å²) >= 11 is 0. The Morgan fingerprint density at radius 3 is 2.34 bits per heavy atom. The van der Waals surface area contributed by atoms with E-state index in [4.69, 9.17) is 14.2 Å². The van der Waals surface area contributed by atoms with Gasteiger partial charge in [-0.05, 0) is 59.5 Å². The molecule has 2 aromatic carbocycles. The number of aryl methyl sites for hydroxylation is 1. The Labute approximate surface area is 170 Å². The molecule has 0 unspecified atom stereocenters. The highest BCUT2D eigenvalue weighted by Crippen LogP contribution is 2.29. The summed E-state index contributed by atoms with van der Waals surface area (Å²) in [6, 6.07) is 16.8. The number of carbonyl (C=O) groups is 1.